The summed E-state index contributed by atoms with van der Waals surface area (Å²) in [6, 6.07) is 5.57. The summed E-state index contributed by atoms with van der Waals surface area (Å²) in [5, 5.41) is 0. The van der Waals surface area contributed by atoms with Crippen LogP contribution in [0.25, 0.3) is 0 Å². The van der Waals surface area contributed by atoms with Crippen LogP contribution in [0, 0.1) is 18.8 Å². The number of hydrogen-bond acceptors (Lipinski definition) is 2. The van der Waals surface area contributed by atoms with Crippen LogP contribution in [0.3, 0.4) is 0 Å². The van der Waals surface area contributed by atoms with Gasteiger partial charge < -0.3 is 0 Å². The molecule has 1 heterocycles. The van der Waals surface area contributed by atoms with Crippen molar-refractivity contribution in [2.45, 2.75) is 20.8 Å². The van der Waals surface area contributed by atoms with Crippen LogP contribution in [0.5, 0.6) is 0 Å². The van der Waals surface area contributed by atoms with Gasteiger partial charge in [-0.05, 0) is 38.5 Å². The van der Waals surface area contributed by atoms with Crippen LogP contribution in [0.1, 0.15) is 35.3 Å². The number of carbonyl (C=O) groups is 1. The van der Waals surface area contributed by atoms with Gasteiger partial charge in [0.05, 0.1) is 11.3 Å². The molecule has 0 saturated carbocycles. The number of rotatable bonds is 3. The molecule has 23 heavy (non-hydrogen) atoms. The van der Waals surface area contributed by atoms with Crippen LogP contribution in [0.15, 0.2) is 71.4 Å². The molecule has 0 radical (unpaired) electrons. The molecule has 0 spiro atoms. The minimum atomic E-state index is 0.0391. The van der Waals surface area contributed by atoms with E-state index in [1.165, 1.54) is 0 Å². The summed E-state index contributed by atoms with van der Waals surface area (Å²) < 4.78 is 0. The van der Waals surface area contributed by atoms with E-state index in [0.717, 1.165) is 28.0 Å². The second kappa shape index (κ2) is 7.38. The number of hydrogen-bond donors (Lipinski definition) is 0. The number of aliphatic imine (C=N–C) groups is 1. The fourth-order valence-corrected chi connectivity index (χ4v) is 2.05. The lowest BCUT2D eigenvalue weighted by molar-refractivity contribution is 0.101. The van der Waals surface area contributed by atoms with Crippen molar-refractivity contribution in [3.8, 4) is 11.8 Å². The lowest BCUT2D eigenvalue weighted by Crippen LogP contribution is -1.95. The van der Waals surface area contributed by atoms with Crippen LogP contribution in [-0.4, -0.2) is 11.5 Å². The summed E-state index contributed by atoms with van der Waals surface area (Å²) in [5.41, 5.74) is 5.01. The third-order valence-electron chi connectivity index (χ3n) is 3.50. The Hall–Kier alpha value is -2.92. The van der Waals surface area contributed by atoms with E-state index in [0.29, 0.717) is 5.56 Å². The molecule has 2 nitrogen and oxygen atoms in total. The lowest BCUT2D eigenvalue weighted by atomic mass is 10.0. The molecule has 1 aliphatic rings. The Labute approximate surface area is 137 Å². The van der Waals surface area contributed by atoms with Crippen LogP contribution in [-0.2, 0) is 0 Å². The van der Waals surface area contributed by atoms with Gasteiger partial charge in [-0.1, -0.05) is 48.8 Å². The Morgan fingerprint density at radius 1 is 1.26 bits per heavy atom. The van der Waals surface area contributed by atoms with E-state index in [1.54, 1.807) is 13.1 Å². The molecular formula is C21H19NO. The molecule has 0 fully saturated rings. The summed E-state index contributed by atoms with van der Waals surface area (Å²) >= 11 is 0. The normalized spacial score (nSPS) is 14.0. The molecule has 2 heteroatoms. The molecule has 0 saturated heterocycles. The van der Waals surface area contributed by atoms with Gasteiger partial charge in [-0.3, -0.25) is 9.79 Å². The number of Topliss-reactive ketones (excluding diaryl/α,β-unsaturated/α-hetero) is 1. The van der Waals surface area contributed by atoms with E-state index in [2.05, 4.69) is 23.4 Å². The highest BCUT2D eigenvalue weighted by Gasteiger charge is 2.11. The van der Waals surface area contributed by atoms with Crippen molar-refractivity contribution in [2.24, 2.45) is 4.99 Å². The molecule has 0 amide bonds. The summed E-state index contributed by atoms with van der Waals surface area (Å²) in [4.78, 5) is 15.8. The van der Waals surface area contributed by atoms with Crippen molar-refractivity contribution in [3.63, 3.8) is 0 Å². The first-order valence-corrected chi connectivity index (χ1v) is 7.43. The van der Waals surface area contributed by atoms with E-state index in [1.807, 2.05) is 56.4 Å². The Morgan fingerprint density at radius 3 is 2.74 bits per heavy atom. The van der Waals surface area contributed by atoms with Crippen LogP contribution in [0.2, 0.25) is 0 Å². The summed E-state index contributed by atoms with van der Waals surface area (Å²) in [6.07, 6.45) is 9.46. The van der Waals surface area contributed by atoms with Gasteiger partial charge in [0.1, 0.15) is 0 Å². The second-order valence-corrected chi connectivity index (χ2v) is 5.26. The van der Waals surface area contributed by atoms with Crippen molar-refractivity contribution in [2.75, 3.05) is 0 Å². The van der Waals surface area contributed by atoms with Crippen molar-refractivity contribution >= 4 is 11.5 Å². The Balaban J connectivity index is 2.20. The maximum Gasteiger partial charge on any atom is 0.159 e. The SMILES string of the molecule is C=C1C(C#Cc2cc(C(C)=O)ccc2C)=CN=C1/C=C\C=C/C. The molecule has 0 N–H and O–H groups in total. The van der Waals surface area contributed by atoms with Gasteiger partial charge in [-0.15, -0.1) is 0 Å². The zero-order valence-corrected chi connectivity index (χ0v) is 13.7. The molecule has 0 unspecified atom stereocenters. The Morgan fingerprint density at radius 2 is 2.04 bits per heavy atom. The van der Waals surface area contributed by atoms with Crippen LogP contribution in [0.4, 0.5) is 0 Å². The van der Waals surface area contributed by atoms with Crippen molar-refractivity contribution in [1.82, 2.24) is 0 Å². The quantitative estimate of drug-likeness (QED) is 0.456. The summed E-state index contributed by atoms with van der Waals surface area (Å²) in [6.45, 7) is 9.54. The standard InChI is InChI=1S/C21H19NO/c1-5-6-7-8-21-16(3)20(14-22-21)12-11-18-13-19(17(4)23)10-9-15(18)2/h5-10,13-14H,3H2,1-2,4H3/b6-5-,8-7-. The molecule has 114 valence electrons. The first kappa shape index (κ1) is 16.5. The average molecular weight is 301 g/mol. The third-order valence-corrected chi connectivity index (χ3v) is 3.50. The molecule has 1 aromatic rings. The van der Waals surface area contributed by atoms with E-state index in [4.69, 9.17) is 0 Å². The third kappa shape index (κ3) is 4.05. The van der Waals surface area contributed by atoms with Crippen LogP contribution >= 0.6 is 0 Å². The number of ketones is 1. The van der Waals surface area contributed by atoms with Gasteiger partial charge in [0.2, 0.25) is 0 Å². The average Bonchev–Trinajstić information content (AvgIpc) is 2.87. The van der Waals surface area contributed by atoms with Crippen LogP contribution < -0.4 is 0 Å². The second-order valence-electron chi connectivity index (χ2n) is 5.26. The van der Waals surface area contributed by atoms with Crippen molar-refractivity contribution in [3.05, 3.63) is 83.1 Å². The number of benzene rings is 1. The topological polar surface area (TPSA) is 29.4 Å². The van der Waals surface area contributed by atoms with Crippen molar-refractivity contribution in [1.29, 1.82) is 0 Å². The van der Waals surface area contributed by atoms with E-state index in [9.17, 15) is 4.79 Å². The number of allylic oxidation sites excluding steroid dienone is 6. The molecule has 0 atom stereocenters. The Bertz CT molecular complexity index is 836. The maximum atomic E-state index is 11.5. The van der Waals surface area contributed by atoms with E-state index >= 15 is 0 Å². The zero-order valence-electron chi connectivity index (χ0n) is 13.7. The molecule has 1 aromatic carbocycles. The number of nitrogens with zero attached hydrogens (tertiary/aromatic N) is 1. The monoisotopic (exact) mass is 301 g/mol. The van der Waals surface area contributed by atoms with Gasteiger partial charge in [-0.25, -0.2) is 0 Å². The number of carbonyl (C=O) groups excluding carboxylic acids is 1. The Kier molecular flexibility index (Phi) is 5.28. The summed E-state index contributed by atoms with van der Waals surface area (Å²) in [7, 11) is 0. The largest absolute Gasteiger partial charge is 0.295 e. The molecule has 0 bridgehead atoms. The minimum absolute atomic E-state index is 0.0391. The molecule has 0 aliphatic carbocycles. The fraction of sp³-hybridized carbons (Fsp3) is 0.143. The lowest BCUT2D eigenvalue weighted by Gasteiger charge is -2.01. The molecule has 1 aliphatic heterocycles. The highest BCUT2D eigenvalue weighted by atomic mass is 16.1. The first-order valence-electron chi connectivity index (χ1n) is 7.43. The summed E-state index contributed by atoms with van der Waals surface area (Å²) in [5.74, 6) is 6.27. The smallest absolute Gasteiger partial charge is 0.159 e. The zero-order chi connectivity index (χ0) is 16.8. The highest BCUT2D eigenvalue weighted by Crippen LogP contribution is 2.18. The van der Waals surface area contributed by atoms with Gasteiger partial charge in [0.25, 0.3) is 0 Å². The predicted octanol–water partition coefficient (Wildman–Crippen LogP) is 4.58. The van der Waals surface area contributed by atoms with Crippen molar-refractivity contribution < 1.29 is 4.79 Å². The number of aryl methyl sites for hydroxylation is 1. The minimum Gasteiger partial charge on any atom is -0.295 e. The van der Waals surface area contributed by atoms with Gasteiger partial charge in [0, 0.05) is 22.9 Å². The predicted molar refractivity (Wildman–Crippen MR) is 96.7 cm³/mol. The highest BCUT2D eigenvalue weighted by molar-refractivity contribution is 6.14. The molecule has 2 rings (SSSR count). The fourth-order valence-electron chi connectivity index (χ4n) is 2.05. The van der Waals surface area contributed by atoms with Gasteiger partial charge >= 0.3 is 0 Å². The molecule has 0 aromatic heterocycles. The molecular weight excluding hydrogens is 282 g/mol. The van der Waals surface area contributed by atoms with E-state index < -0.39 is 0 Å². The first-order chi connectivity index (χ1) is 11.0. The van der Waals surface area contributed by atoms with E-state index in [-0.39, 0.29) is 5.78 Å². The maximum absolute atomic E-state index is 11.5. The van der Waals surface area contributed by atoms with Gasteiger partial charge in [0.15, 0.2) is 5.78 Å². The van der Waals surface area contributed by atoms with Gasteiger partial charge in [-0.2, -0.15) is 0 Å².